The summed E-state index contributed by atoms with van der Waals surface area (Å²) in [6.45, 7) is 10.7. The lowest BCUT2D eigenvalue weighted by Gasteiger charge is -2.26. The summed E-state index contributed by atoms with van der Waals surface area (Å²) in [5.74, 6) is 0.597. The van der Waals surface area contributed by atoms with Gasteiger partial charge in [-0.25, -0.2) is 9.59 Å². The van der Waals surface area contributed by atoms with Gasteiger partial charge in [0.25, 0.3) is 0 Å². The van der Waals surface area contributed by atoms with Crippen molar-refractivity contribution in [1.29, 1.82) is 0 Å². The van der Waals surface area contributed by atoms with Crippen molar-refractivity contribution in [2.24, 2.45) is 0 Å². The number of nitrogens with two attached hydrogens (primary N) is 1. The lowest BCUT2D eigenvalue weighted by atomic mass is 10.1. The van der Waals surface area contributed by atoms with Crippen LogP contribution in [0.2, 0.25) is 0 Å². The fraction of sp³-hybridized carbons (Fsp3) is 0.389. The summed E-state index contributed by atoms with van der Waals surface area (Å²) in [6, 6.07) is 20.2. The average molecular weight is 614 g/mol. The number of piperidine rings is 1. The summed E-state index contributed by atoms with van der Waals surface area (Å²) < 4.78 is 8.07. The van der Waals surface area contributed by atoms with Gasteiger partial charge in [0.1, 0.15) is 11.5 Å². The Morgan fingerprint density at radius 3 is 2.33 bits per heavy atom. The zero-order chi connectivity index (χ0) is 32.2. The Balaban J connectivity index is 0.000000206. The first-order valence-corrected chi connectivity index (χ1v) is 16.0. The highest BCUT2D eigenvalue weighted by Crippen LogP contribution is 2.27. The number of nitrogen functional groups attached to an aromatic ring is 1. The number of likely N-dealkylation sites (tertiary alicyclic amines) is 1. The summed E-state index contributed by atoms with van der Waals surface area (Å²) >= 11 is 0. The molecule has 1 fully saturated rings. The maximum absolute atomic E-state index is 11.9. The van der Waals surface area contributed by atoms with Crippen molar-refractivity contribution >= 4 is 34.3 Å². The van der Waals surface area contributed by atoms with Crippen LogP contribution in [-0.4, -0.2) is 52.3 Å². The van der Waals surface area contributed by atoms with Crippen LogP contribution in [-0.2, 0) is 6.54 Å². The van der Waals surface area contributed by atoms with Crippen LogP contribution >= 0.6 is 0 Å². The Hall–Kier alpha value is -4.50. The van der Waals surface area contributed by atoms with Gasteiger partial charge in [0.2, 0.25) is 0 Å². The number of carboxylic acids is 1. The number of carbonyl (C=O) groups excluding carboxylic acids is 1. The molecule has 3 aromatic carbocycles. The molecule has 0 atom stereocenters. The second-order valence-electron chi connectivity index (χ2n) is 11.6. The molecule has 1 saturated heterocycles. The van der Waals surface area contributed by atoms with Gasteiger partial charge >= 0.3 is 12.0 Å². The number of nitrogens with zero attached hydrogens (tertiary/aromatic N) is 2. The number of amides is 2. The minimum atomic E-state index is -0.866. The Bertz CT molecular complexity index is 1540. The van der Waals surface area contributed by atoms with E-state index in [9.17, 15) is 9.59 Å². The Labute approximate surface area is 266 Å². The predicted octanol–water partition coefficient (Wildman–Crippen LogP) is 7.90. The van der Waals surface area contributed by atoms with E-state index in [2.05, 4.69) is 40.1 Å². The van der Waals surface area contributed by atoms with Crippen LogP contribution in [0.3, 0.4) is 0 Å². The molecule has 0 aliphatic carbocycles. The molecule has 0 spiro atoms. The molecular formula is C36H47N5O4. The molecule has 5 rings (SSSR count). The molecule has 9 nitrogen and oxygen atoms in total. The number of nitrogens with one attached hydrogen (secondary N) is 2. The first-order valence-electron chi connectivity index (χ1n) is 16.0. The van der Waals surface area contributed by atoms with Crippen LogP contribution in [0.15, 0.2) is 72.9 Å². The van der Waals surface area contributed by atoms with Crippen molar-refractivity contribution in [3.63, 3.8) is 0 Å². The van der Waals surface area contributed by atoms with Gasteiger partial charge in [0.15, 0.2) is 0 Å². The molecule has 240 valence electrons. The van der Waals surface area contributed by atoms with Gasteiger partial charge in [-0.15, -0.1) is 0 Å². The quantitative estimate of drug-likeness (QED) is 0.128. The zero-order valence-electron chi connectivity index (χ0n) is 26.7. The highest BCUT2D eigenvalue weighted by atomic mass is 16.5. The third kappa shape index (κ3) is 10.0. The number of benzene rings is 3. The van der Waals surface area contributed by atoms with Crippen molar-refractivity contribution < 1.29 is 19.4 Å². The summed E-state index contributed by atoms with van der Waals surface area (Å²) in [5.41, 5.74) is 9.63. The van der Waals surface area contributed by atoms with Crippen molar-refractivity contribution in [3.8, 4) is 11.5 Å². The minimum absolute atomic E-state index is 0.188. The largest absolute Gasteiger partial charge is 0.478 e. The lowest BCUT2D eigenvalue weighted by Crippen LogP contribution is -2.37. The van der Waals surface area contributed by atoms with Crippen molar-refractivity contribution in [3.05, 3.63) is 84.1 Å². The van der Waals surface area contributed by atoms with Crippen LogP contribution in [0.5, 0.6) is 11.5 Å². The monoisotopic (exact) mass is 613 g/mol. The fourth-order valence-electron chi connectivity index (χ4n) is 5.54. The maximum Gasteiger partial charge on any atom is 0.335 e. The van der Waals surface area contributed by atoms with Gasteiger partial charge in [0, 0.05) is 41.1 Å². The number of aromatic carboxylic acids is 1. The van der Waals surface area contributed by atoms with Crippen molar-refractivity contribution in [2.75, 3.05) is 30.7 Å². The number of aromatic nitrogens is 1. The Kier molecular flexibility index (Phi) is 12.3. The number of hydrogen-bond acceptors (Lipinski definition) is 5. The Morgan fingerprint density at radius 2 is 1.67 bits per heavy atom. The summed E-state index contributed by atoms with van der Waals surface area (Å²) in [7, 11) is 0. The summed E-state index contributed by atoms with van der Waals surface area (Å²) in [6.07, 6.45) is 9.09. The van der Waals surface area contributed by atoms with Gasteiger partial charge in [-0.2, -0.15) is 0 Å². The number of carboxylic acid groups (broad SMARTS) is 1. The first-order chi connectivity index (χ1) is 21.7. The SMILES string of the molecule is CCC(CC)NC(=O)Nc1ccc(Oc2ccc(N)cc2C)cc1.O=C(O)c1ccc2c(ccn2CCCN2CCCCC2)c1. The average Bonchev–Trinajstić information content (AvgIpc) is 3.45. The molecule has 1 aliphatic rings. The molecule has 1 aromatic heterocycles. The predicted molar refractivity (Wildman–Crippen MR) is 182 cm³/mol. The molecule has 4 aromatic rings. The van der Waals surface area contributed by atoms with E-state index in [1.807, 2.05) is 55.5 Å². The first kappa shape index (κ1) is 33.4. The van der Waals surface area contributed by atoms with Gasteiger partial charge in [-0.05, 0) is 131 Å². The van der Waals surface area contributed by atoms with E-state index >= 15 is 0 Å². The van der Waals surface area contributed by atoms with E-state index in [0.717, 1.165) is 60.3 Å². The number of anilines is 2. The van der Waals surface area contributed by atoms with Crippen LogP contribution < -0.4 is 21.1 Å². The third-order valence-corrected chi connectivity index (χ3v) is 8.20. The summed E-state index contributed by atoms with van der Waals surface area (Å²) in [4.78, 5) is 25.5. The van der Waals surface area contributed by atoms with Crippen LogP contribution in [0.4, 0.5) is 16.2 Å². The minimum Gasteiger partial charge on any atom is -0.478 e. The second kappa shape index (κ2) is 16.5. The molecule has 2 heterocycles. The number of aryl methyl sites for hydroxylation is 2. The van der Waals surface area contributed by atoms with Crippen molar-refractivity contribution in [2.45, 2.75) is 71.9 Å². The van der Waals surface area contributed by atoms with Gasteiger partial charge in [0.05, 0.1) is 5.56 Å². The van der Waals surface area contributed by atoms with E-state index < -0.39 is 5.97 Å². The van der Waals surface area contributed by atoms with E-state index in [1.165, 1.54) is 32.4 Å². The number of urea groups is 1. The number of hydrogen-bond donors (Lipinski definition) is 4. The smallest absolute Gasteiger partial charge is 0.335 e. The third-order valence-electron chi connectivity index (χ3n) is 8.20. The molecule has 0 bridgehead atoms. The van der Waals surface area contributed by atoms with E-state index in [1.54, 1.807) is 18.2 Å². The number of ether oxygens (including phenoxy) is 1. The van der Waals surface area contributed by atoms with Crippen LogP contribution in [0.25, 0.3) is 10.9 Å². The second-order valence-corrected chi connectivity index (χ2v) is 11.6. The lowest BCUT2D eigenvalue weighted by molar-refractivity contribution is 0.0697. The van der Waals surface area contributed by atoms with Crippen molar-refractivity contribution in [1.82, 2.24) is 14.8 Å². The van der Waals surface area contributed by atoms with E-state index in [0.29, 0.717) is 17.0 Å². The highest BCUT2D eigenvalue weighted by Gasteiger charge is 2.11. The molecule has 1 aliphatic heterocycles. The maximum atomic E-state index is 11.9. The number of fused-ring (bicyclic) bond motifs is 1. The zero-order valence-corrected chi connectivity index (χ0v) is 26.7. The standard InChI is InChI=1S/C19H25N3O2.C17H22N2O2/c1-4-15(5-2)21-19(23)22-16-7-9-17(10-8-16)24-18-11-6-14(20)12-13(18)3;20-17(21)15-5-6-16-14(13-15)7-12-19(16)11-4-10-18-8-2-1-3-9-18/h6-12,15H,4-5,20H2,1-3H3,(H2,21,22,23);5-7,12-13H,1-4,8-11H2,(H,20,21). The van der Waals surface area contributed by atoms with E-state index in [-0.39, 0.29) is 12.1 Å². The molecule has 0 unspecified atom stereocenters. The Morgan fingerprint density at radius 1 is 0.933 bits per heavy atom. The highest BCUT2D eigenvalue weighted by molar-refractivity contribution is 5.93. The van der Waals surface area contributed by atoms with Gasteiger partial charge < -0.3 is 35.7 Å². The number of rotatable bonds is 11. The normalized spacial score (nSPS) is 13.2. The molecule has 0 radical (unpaired) electrons. The molecule has 9 heteroatoms. The fourth-order valence-corrected chi connectivity index (χ4v) is 5.54. The van der Waals surface area contributed by atoms with Crippen LogP contribution in [0.1, 0.15) is 68.3 Å². The summed E-state index contributed by atoms with van der Waals surface area (Å²) in [5, 5.41) is 15.8. The van der Waals surface area contributed by atoms with Crippen LogP contribution in [0, 0.1) is 6.92 Å². The number of carbonyl (C=O) groups is 2. The molecule has 2 amide bonds. The molecule has 45 heavy (non-hydrogen) atoms. The molecule has 0 saturated carbocycles. The molecule has 5 N–H and O–H groups in total. The van der Waals surface area contributed by atoms with Gasteiger partial charge in [-0.3, -0.25) is 0 Å². The van der Waals surface area contributed by atoms with Gasteiger partial charge in [-0.1, -0.05) is 20.3 Å². The molecular weight excluding hydrogens is 566 g/mol. The van der Waals surface area contributed by atoms with E-state index in [4.69, 9.17) is 15.6 Å². The topological polar surface area (TPSA) is 122 Å².